The van der Waals surface area contributed by atoms with Crippen LogP contribution in [0.25, 0.3) is 0 Å². The van der Waals surface area contributed by atoms with Crippen LogP contribution in [0, 0.1) is 23.1 Å². The number of nitriles is 1. The van der Waals surface area contributed by atoms with Gasteiger partial charge in [-0.15, -0.1) is 0 Å². The van der Waals surface area contributed by atoms with Gasteiger partial charge in [-0.3, -0.25) is 9.59 Å². The fourth-order valence-corrected chi connectivity index (χ4v) is 3.37. The smallest absolute Gasteiger partial charge is 0.267 e. The molecule has 29 heavy (non-hydrogen) atoms. The van der Waals surface area contributed by atoms with Crippen LogP contribution in [0.15, 0.2) is 36.5 Å². The van der Waals surface area contributed by atoms with E-state index in [2.05, 4.69) is 15.6 Å². The summed E-state index contributed by atoms with van der Waals surface area (Å²) in [7, 11) is 0. The van der Waals surface area contributed by atoms with E-state index in [-0.39, 0.29) is 29.6 Å². The Labute approximate surface area is 168 Å². The van der Waals surface area contributed by atoms with Gasteiger partial charge in [-0.25, -0.2) is 4.39 Å². The van der Waals surface area contributed by atoms with Gasteiger partial charge in [0.05, 0.1) is 12.1 Å². The molecule has 1 aromatic carbocycles. The first-order chi connectivity index (χ1) is 14.0. The van der Waals surface area contributed by atoms with Crippen LogP contribution in [0.2, 0.25) is 0 Å². The van der Waals surface area contributed by atoms with Gasteiger partial charge >= 0.3 is 0 Å². The molecular weight excluding hydrogens is 375 g/mol. The van der Waals surface area contributed by atoms with E-state index in [4.69, 9.17) is 10.00 Å². The number of nitrogens with one attached hydrogen (secondary N) is 3. The predicted molar refractivity (Wildman–Crippen MR) is 104 cm³/mol. The number of aromatic amines is 1. The maximum Gasteiger partial charge on any atom is 0.267 e. The van der Waals surface area contributed by atoms with Crippen molar-refractivity contribution in [3.05, 3.63) is 53.6 Å². The molecule has 1 aromatic heterocycles. The highest BCUT2D eigenvalue weighted by Gasteiger charge is 2.27. The lowest BCUT2D eigenvalue weighted by Gasteiger charge is -2.28. The first-order valence-electron chi connectivity index (χ1n) is 9.60. The van der Waals surface area contributed by atoms with E-state index < -0.39 is 0 Å². The monoisotopic (exact) mass is 398 g/mol. The standard InChI is InChI=1S/C21H23FN4O3/c22-16-3-7-18(8-4-16)29-10-9-24-20(27)15-1-5-17(6-2-15)26-21(28)19-11-14(12-23)13-25-19/h3-4,7-8,11,13,15,17,25H,1-2,5-6,9-10H2,(H,24,27)(H,26,28). The maximum atomic E-state index is 12.8. The summed E-state index contributed by atoms with van der Waals surface area (Å²) in [6.07, 6.45) is 4.34. The second kappa shape index (κ2) is 9.73. The lowest BCUT2D eigenvalue weighted by atomic mass is 9.85. The molecule has 1 saturated carbocycles. The van der Waals surface area contributed by atoms with Crippen LogP contribution in [0.5, 0.6) is 5.75 Å². The number of hydrogen-bond acceptors (Lipinski definition) is 4. The van der Waals surface area contributed by atoms with Crippen molar-refractivity contribution in [3.8, 4) is 11.8 Å². The zero-order chi connectivity index (χ0) is 20.6. The van der Waals surface area contributed by atoms with Gasteiger partial charge in [0.15, 0.2) is 0 Å². The Kier molecular flexibility index (Phi) is 6.85. The number of halogens is 1. The molecule has 2 aromatic rings. The van der Waals surface area contributed by atoms with Crippen LogP contribution in [0.1, 0.15) is 41.7 Å². The molecule has 0 radical (unpaired) electrons. The number of nitrogens with zero attached hydrogens (tertiary/aromatic N) is 1. The highest BCUT2D eigenvalue weighted by atomic mass is 19.1. The summed E-state index contributed by atoms with van der Waals surface area (Å²) >= 11 is 0. The molecule has 2 amide bonds. The molecule has 0 aliphatic heterocycles. The Morgan fingerprint density at radius 1 is 1.21 bits per heavy atom. The summed E-state index contributed by atoms with van der Waals surface area (Å²) in [6, 6.07) is 9.24. The summed E-state index contributed by atoms with van der Waals surface area (Å²) in [5.74, 6) is -0.0966. The first kappa shape index (κ1) is 20.4. The number of ether oxygens (including phenoxy) is 1. The average molecular weight is 398 g/mol. The normalized spacial score (nSPS) is 18.5. The number of carbonyl (C=O) groups excluding carboxylic acids is 2. The molecule has 3 N–H and O–H groups in total. The Balaban J connectivity index is 1.34. The van der Waals surface area contributed by atoms with Crippen LogP contribution in [-0.4, -0.2) is 36.0 Å². The molecule has 0 unspecified atom stereocenters. The second-order valence-corrected chi connectivity index (χ2v) is 7.03. The number of aromatic nitrogens is 1. The molecule has 7 nitrogen and oxygen atoms in total. The van der Waals surface area contributed by atoms with Crippen LogP contribution >= 0.6 is 0 Å². The number of carbonyl (C=O) groups is 2. The van der Waals surface area contributed by atoms with E-state index >= 15 is 0 Å². The van der Waals surface area contributed by atoms with Gasteiger partial charge in [0.2, 0.25) is 5.91 Å². The summed E-state index contributed by atoms with van der Waals surface area (Å²) < 4.78 is 18.3. The largest absolute Gasteiger partial charge is 0.492 e. The highest BCUT2D eigenvalue weighted by Crippen LogP contribution is 2.24. The van der Waals surface area contributed by atoms with Crippen molar-refractivity contribution in [1.82, 2.24) is 15.6 Å². The van der Waals surface area contributed by atoms with Gasteiger partial charge in [-0.1, -0.05) is 0 Å². The van der Waals surface area contributed by atoms with Gasteiger partial charge in [0.1, 0.15) is 29.9 Å². The Bertz CT molecular complexity index is 880. The SMILES string of the molecule is N#Cc1c[nH]c(C(=O)NC2CCC(C(=O)NCCOc3ccc(F)cc3)CC2)c1. The van der Waals surface area contributed by atoms with Crippen molar-refractivity contribution in [2.45, 2.75) is 31.7 Å². The first-order valence-corrected chi connectivity index (χ1v) is 9.60. The molecule has 1 heterocycles. The molecule has 1 aliphatic rings. The summed E-state index contributed by atoms with van der Waals surface area (Å²) in [5, 5.41) is 14.6. The van der Waals surface area contributed by atoms with E-state index in [1.54, 1.807) is 12.1 Å². The van der Waals surface area contributed by atoms with Gasteiger partial charge in [-0.05, 0) is 56.0 Å². The third-order valence-corrected chi connectivity index (χ3v) is 4.97. The van der Waals surface area contributed by atoms with Crippen molar-refractivity contribution in [1.29, 1.82) is 5.26 Å². The van der Waals surface area contributed by atoms with Gasteiger partial charge in [0, 0.05) is 18.2 Å². The minimum atomic E-state index is -0.322. The Hall–Kier alpha value is -3.34. The van der Waals surface area contributed by atoms with Gasteiger partial charge < -0.3 is 20.4 Å². The minimum absolute atomic E-state index is 0.0134. The van der Waals surface area contributed by atoms with Crippen molar-refractivity contribution >= 4 is 11.8 Å². The summed E-state index contributed by atoms with van der Waals surface area (Å²) in [6.45, 7) is 0.685. The average Bonchev–Trinajstić information content (AvgIpc) is 3.22. The summed E-state index contributed by atoms with van der Waals surface area (Å²) in [4.78, 5) is 27.3. The molecule has 0 spiro atoms. The molecule has 152 valence electrons. The second-order valence-electron chi connectivity index (χ2n) is 7.03. The Morgan fingerprint density at radius 2 is 1.93 bits per heavy atom. The third kappa shape index (κ3) is 5.82. The molecule has 8 heteroatoms. The fraction of sp³-hybridized carbons (Fsp3) is 0.381. The van der Waals surface area contributed by atoms with Crippen molar-refractivity contribution in [3.63, 3.8) is 0 Å². The molecular formula is C21H23FN4O3. The van der Waals surface area contributed by atoms with Crippen LogP contribution < -0.4 is 15.4 Å². The number of hydrogen-bond donors (Lipinski definition) is 3. The van der Waals surface area contributed by atoms with E-state index in [0.29, 0.717) is 43.0 Å². The van der Waals surface area contributed by atoms with Crippen LogP contribution in [0.4, 0.5) is 4.39 Å². The molecule has 0 bridgehead atoms. The molecule has 1 fully saturated rings. The maximum absolute atomic E-state index is 12.8. The molecule has 3 rings (SSSR count). The van der Waals surface area contributed by atoms with Gasteiger partial charge in [-0.2, -0.15) is 5.26 Å². The number of H-pyrrole nitrogens is 1. The lowest BCUT2D eigenvalue weighted by molar-refractivity contribution is -0.126. The zero-order valence-corrected chi connectivity index (χ0v) is 15.9. The zero-order valence-electron chi connectivity index (χ0n) is 15.9. The topological polar surface area (TPSA) is 107 Å². The van der Waals surface area contributed by atoms with Crippen molar-refractivity contribution in [2.75, 3.05) is 13.2 Å². The summed E-state index contributed by atoms with van der Waals surface area (Å²) in [5.41, 5.74) is 0.779. The molecule has 0 saturated heterocycles. The minimum Gasteiger partial charge on any atom is -0.492 e. The van der Waals surface area contributed by atoms with E-state index in [1.807, 2.05) is 6.07 Å². The van der Waals surface area contributed by atoms with Crippen molar-refractivity contribution in [2.24, 2.45) is 5.92 Å². The number of benzene rings is 1. The predicted octanol–water partition coefficient (Wildman–Crippen LogP) is 2.51. The fourth-order valence-electron chi connectivity index (χ4n) is 3.37. The van der Waals surface area contributed by atoms with E-state index in [0.717, 1.165) is 12.8 Å². The highest BCUT2D eigenvalue weighted by molar-refractivity contribution is 5.93. The van der Waals surface area contributed by atoms with Crippen LogP contribution in [-0.2, 0) is 4.79 Å². The van der Waals surface area contributed by atoms with Gasteiger partial charge in [0.25, 0.3) is 5.91 Å². The number of amides is 2. The molecule has 0 atom stereocenters. The lowest BCUT2D eigenvalue weighted by Crippen LogP contribution is -2.41. The third-order valence-electron chi connectivity index (χ3n) is 4.97. The van der Waals surface area contributed by atoms with Crippen molar-refractivity contribution < 1.29 is 18.7 Å². The Morgan fingerprint density at radius 3 is 2.59 bits per heavy atom. The van der Waals surface area contributed by atoms with E-state index in [9.17, 15) is 14.0 Å². The molecule has 1 aliphatic carbocycles. The number of rotatable bonds is 7. The quantitative estimate of drug-likeness (QED) is 0.623. The van der Waals surface area contributed by atoms with E-state index in [1.165, 1.54) is 24.4 Å². The van der Waals surface area contributed by atoms with Crippen LogP contribution in [0.3, 0.4) is 0 Å².